The number of thiazole rings is 1. The smallest absolute Gasteiger partial charge is 0.140 e. The first-order chi connectivity index (χ1) is 8.45. The van der Waals surface area contributed by atoms with E-state index in [9.17, 15) is 0 Å². The van der Waals surface area contributed by atoms with E-state index < -0.39 is 0 Å². The van der Waals surface area contributed by atoms with Crippen LogP contribution >= 0.6 is 22.9 Å². The van der Waals surface area contributed by atoms with Crippen molar-refractivity contribution in [2.24, 2.45) is 5.73 Å². The third-order valence-electron chi connectivity index (χ3n) is 2.35. The van der Waals surface area contributed by atoms with Crippen LogP contribution in [0, 0.1) is 0 Å². The second-order valence-corrected chi connectivity index (χ2v) is 6.14. The van der Waals surface area contributed by atoms with Gasteiger partial charge < -0.3 is 10.5 Å². The van der Waals surface area contributed by atoms with Crippen molar-refractivity contribution in [2.45, 2.75) is 26.0 Å². The van der Waals surface area contributed by atoms with Crippen molar-refractivity contribution in [1.29, 1.82) is 0 Å². The average Bonchev–Trinajstić information content (AvgIpc) is 2.74. The molecule has 18 heavy (non-hydrogen) atoms. The van der Waals surface area contributed by atoms with Gasteiger partial charge in [0.2, 0.25) is 0 Å². The molecule has 0 saturated heterocycles. The Bertz CT molecular complexity index is 534. The number of benzene rings is 1. The van der Waals surface area contributed by atoms with Gasteiger partial charge in [0.15, 0.2) is 0 Å². The molecule has 0 fully saturated rings. The van der Waals surface area contributed by atoms with Gasteiger partial charge in [-0.3, -0.25) is 0 Å². The highest BCUT2D eigenvalue weighted by molar-refractivity contribution is 7.11. The molecule has 0 bridgehead atoms. The van der Waals surface area contributed by atoms with Gasteiger partial charge in [0, 0.05) is 21.6 Å². The molecule has 0 unspecified atom stereocenters. The lowest BCUT2D eigenvalue weighted by Gasteiger charge is -2.14. The summed E-state index contributed by atoms with van der Waals surface area (Å²) >= 11 is 7.45. The predicted molar refractivity (Wildman–Crippen MR) is 75.1 cm³/mol. The van der Waals surface area contributed by atoms with Crippen LogP contribution in [0.25, 0.3) is 0 Å². The molecule has 5 heteroatoms. The van der Waals surface area contributed by atoms with Gasteiger partial charge in [-0.05, 0) is 32.0 Å². The maximum atomic E-state index is 6.01. The van der Waals surface area contributed by atoms with Gasteiger partial charge in [-0.15, -0.1) is 11.3 Å². The fraction of sp³-hybridized carbons (Fsp3) is 0.308. The van der Waals surface area contributed by atoms with E-state index in [-0.39, 0.29) is 5.54 Å². The van der Waals surface area contributed by atoms with Crippen molar-refractivity contribution in [2.75, 3.05) is 0 Å². The van der Waals surface area contributed by atoms with Gasteiger partial charge in [0.05, 0.1) is 0 Å². The Morgan fingerprint density at radius 3 is 2.83 bits per heavy atom. The van der Waals surface area contributed by atoms with E-state index in [2.05, 4.69) is 4.98 Å². The zero-order valence-corrected chi connectivity index (χ0v) is 11.9. The Hall–Kier alpha value is -1.10. The van der Waals surface area contributed by atoms with Crippen LogP contribution in [-0.4, -0.2) is 4.98 Å². The van der Waals surface area contributed by atoms with Crippen molar-refractivity contribution in [3.05, 3.63) is 45.4 Å². The predicted octanol–water partition coefficient (Wildman–Crippen LogP) is 3.57. The van der Waals surface area contributed by atoms with Gasteiger partial charge in [-0.1, -0.05) is 17.7 Å². The summed E-state index contributed by atoms with van der Waals surface area (Å²) in [5, 5.41) is 1.57. The highest BCUT2D eigenvalue weighted by atomic mass is 35.5. The molecule has 2 N–H and O–H groups in total. The minimum Gasteiger partial charge on any atom is -0.486 e. The first-order valence-electron chi connectivity index (χ1n) is 5.57. The van der Waals surface area contributed by atoms with Gasteiger partial charge in [0.25, 0.3) is 0 Å². The van der Waals surface area contributed by atoms with Gasteiger partial charge in [-0.2, -0.15) is 0 Å². The van der Waals surface area contributed by atoms with E-state index >= 15 is 0 Å². The molecule has 3 nitrogen and oxygen atoms in total. The topological polar surface area (TPSA) is 48.1 Å². The summed E-state index contributed by atoms with van der Waals surface area (Å²) in [4.78, 5) is 5.35. The van der Waals surface area contributed by atoms with Crippen LogP contribution in [0.5, 0.6) is 5.75 Å². The van der Waals surface area contributed by atoms with Crippen LogP contribution in [0.2, 0.25) is 5.02 Å². The monoisotopic (exact) mass is 282 g/mol. The first-order valence-corrected chi connectivity index (χ1v) is 6.77. The highest BCUT2D eigenvalue weighted by Crippen LogP contribution is 2.25. The number of aromatic nitrogens is 1. The summed E-state index contributed by atoms with van der Waals surface area (Å²) in [6, 6.07) is 7.32. The number of nitrogens with two attached hydrogens (primary N) is 1. The molecule has 2 aromatic rings. The molecule has 2 rings (SSSR count). The number of halogens is 1. The Morgan fingerprint density at radius 1 is 1.44 bits per heavy atom. The third kappa shape index (κ3) is 3.45. The van der Waals surface area contributed by atoms with E-state index in [1.807, 2.05) is 32.0 Å². The van der Waals surface area contributed by atoms with Crippen LogP contribution in [0.3, 0.4) is 0 Å². The maximum Gasteiger partial charge on any atom is 0.140 e. The fourth-order valence-electron chi connectivity index (χ4n) is 1.38. The molecule has 96 valence electrons. The minimum atomic E-state index is -0.355. The number of nitrogens with zero attached hydrogens (tertiary/aromatic N) is 1. The molecule has 0 spiro atoms. The third-order valence-corrected chi connectivity index (χ3v) is 3.89. The second kappa shape index (κ2) is 5.26. The maximum absolute atomic E-state index is 6.01. The Balaban J connectivity index is 2.01. The van der Waals surface area contributed by atoms with E-state index in [4.69, 9.17) is 22.1 Å². The first kappa shape index (κ1) is 13.3. The zero-order chi connectivity index (χ0) is 13.2. The molecule has 0 saturated carbocycles. The summed E-state index contributed by atoms with van der Waals surface area (Å²) in [6.45, 7) is 4.35. The van der Waals surface area contributed by atoms with E-state index in [0.29, 0.717) is 11.6 Å². The Kier molecular flexibility index (Phi) is 3.90. The number of hydrogen-bond donors (Lipinski definition) is 1. The van der Waals surface area contributed by atoms with Gasteiger partial charge in [-0.25, -0.2) is 4.98 Å². The molecule has 0 radical (unpaired) electrons. The molecule has 1 heterocycles. The summed E-state index contributed by atoms with van der Waals surface area (Å²) in [5.41, 5.74) is 5.65. The van der Waals surface area contributed by atoms with Crippen LogP contribution in [-0.2, 0) is 12.1 Å². The lowest BCUT2D eigenvalue weighted by atomic mass is 10.1. The lowest BCUT2D eigenvalue weighted by molar-refractivity contribution is 0.305. The molecular weight excluding hydrogens is 268 g/mol. The van der Waals surface area contributed by atoms with E-state index in [1.54, 1.807) is 23.6 Å². The molecular formula is C13H15ClN2OS. The Morgan fingerprint density at radius 2 is 2.22 bits per heavy atom. The molecule has 0 aliphatic carbocycles. The second-order valence-electron chi connectivity index (χ2n) is 4.59. The summed E-state index contributed by atoms with van der Waals surface area (Å²) in [7, 11) is 0. The molecule has 0 atom stereocenters. The molecule has 1 aromatic carbocycles. The van der Waals surface area contributed by atoms with Crippen LogP contribution < -0.4 is 10.5 Å². The lowest BCUT2D eigenvalue weighted by Crippen LogP contribution is -2.27. The number of ether oxygens (including phenoxy) is 1. The van der Waals surface area contributed by atoms with Crippen LogP contribution in [0.4, 0.5) is 0 Å². The standard InChI is InChI=1S/C13H15ClN2OS/c1-13(2,15)11-7-16-12(18-11)8-17-10-5-3-4-9(14)6-10/h3-7H,8,15H2,1-2H3. The molecule has 0 aliphatic heterocycles. The Labute approximate surface area is 116 Å². The fourth-order valence-corrected chi connectivity index (χ4v) is 2.40. The largest absolute Gasteiger partial charge is 0.486 e. The van der Waals surface area contributed by atoms with Crippen LogP contribution in [0.1, 0.15) is 23.7 Å². The SMILES string of the molecule is CC(C)(N)c1cnc(COc2cccc(Cl)c2)s1. The summed E-state index contributed by atoms with van der Waals surface area (Å²) in [5.74, 6) is 0.742. The normalized spacial score (nSPS) is 11.6. The summed E-state index contributed by atoms with van der Waals surface area (Å²) < 4.78 is 5.62. The summed E-state index contributed by atoms with van der Waals surface area (Å²) in [6.07, 6.45) is 1.81. The van der Waals surface area contributed by atoms with Gasteiger partial charge in [0.1, 0.15) is 17.4 Å². The number of hydrogen-bond acceptors (Lipinski definition) is 4. The van der Waals surface area contributed by atoms with E-state index in [1.165, 1.54) is 0 Å². The zero-order valence-electron chi connectivity index (χ0n) is 10.3. The van der Waals surface area contributed by atoms with Crippen molar-refractivity contribution >= 4 is 22.9 Å². The van der Waals surface area contributed by atoms with Gasteiger partial charge >= 0.3 is 0 Å². The van der Waals surface area contributed by atoms with Crippen molar-refractivity contribution in [1.82, 2.24) is 4.98 Å². The van der Waals surface area contributed by atoms with E-state index in [0.717, 1.165) is 15.6 Å². The molecule has 1 aromatic heterocycles. The highest BCUT2D eigenvalue weighted by Gasteiger charge is 2.17. The molecule has 0 amide bonds. The average molecular weight is 283 g/mol. The van der Waals surface area contributed by atoms with Crippen molar-refractivity contribution in [3.63, 3.8) is 0 Å². The van der Waals surface area contributed by atoms with Crippen molar-refractivity contribution < 1.29 is 4.74 Å². The quantitative estimate of drug-likeness (QED) is 0.932. The number of rotatable bonds is 4. The minimum absolute atomic E-state index is 0.355. The van der Waals surface area contributed by atoms with Crippen molar-refractivity contribution in [3.8, 4) is 5.75 Å². The molecule has 0 aliphatic rings. The van der Waals surface area contributed by atoms with Crippen LogP contribution in [0.15, 0.2) is 30.5 Å².